The van der Waals surface area contributed by atoms with E-state index in [1.165, 1.54) is 0 Å². The molecule has 0 saturated carbocycles. The van der Waals surface area contributed by atoms with Crippen LogP contribution < -0.4 is 15.2 Å². The van der Waals surface area contributed by atoms with Crippen LogP contribution in [0.1, 0.15) is 16.1 Å². The zero-order valence-electron chi connectivity index (χ0n) is 14.8. The van der Waals surface area contributed by atoms with Crippen LogP contribution in [0, 0.1) is 6.92 Å². The minimum atomic E-state index is -1.06. The Hall–Kier alpha value is -3.48. The van der Waals surface area contributed by atoms with Crippen molar-refractivity contribution in [2.45, 2.75) is 13.5 Å². The summed E-state index contributed by atoms with van der Waals surface area (Å²) in [5, 5.41) is 9.56. The van der Waals surface area contributed by atoms with E-state index in [4.69, 9.17) is 20.3 Å². The van der Waals surface area contributed by atoms with Crippen molar-refractivity contribution in [3.63, 3.8) is 0 Å². The zero-order valence-corrected chi connectivity index (χ0v) is 14.8. The number of amides is 1. The quantitative estimate of drug-likeness (QED) is 0.636. The van der Waals surface area contributed by atoms with E-state index in [1.807, 2.05) is 31.2 Å². The zero-order chi connectivity index (χ0) is 19.4. The van der Waals surface area contributed by atoms with Crippen LogP contribution in [0.15, 0.2) is 48.5 Å². The standard InChI is InChI=1S/C20H20N2O5/c1-13-2-5-15(6-3-13)26-9-8-22-17-11-16(27-12-19(23)24)7-4-14(17)10-18(22)20(21)25/h2-7,10-11H,8-9,12H2,1H3,(H2,21,25)(H,23,24). The predicted octanol–water partition coefficient (Wildman–Crippen LogP) is 2.59. The van der Waals surface area contributed by atoms with Gasteiger partial charge in [-0.1, -0.05) is 17.7 Å². The Balaban J connectivity index is 1.82. The molecule has 140 valence electrons. The topological polar surface area (TPSA) is 104 Å². The van der Waals surface area contributed by atoms with Gasteiger partial charge in [0, 0.05) is 11.5 Å². The summed E-state index contributed by atoms with van der Waals surface area (Å²) in [5.74, 6) is -0.466. The molecule has 2 aromatic carbocycles. The maximum absolute atomic E-state index is 11.8. The number of benzene rings is 2. The van der Waals surface area contributed by atoms with Crippen molar-refractivity contribution in [2.24, 2.45) is 5.73 Å². The van der Waals surface area contributed by atoms with Crippen molar-refractivity contribution in [3.05, 3.63) is 59.8 Å². The second kappa shape index (κ2) is 7.82. The number of carbonyl (C=O) groups excluding carboxylic acids is 1. The van der Waals surface area contributed by atoms with Crippen LogP contribution in [0.5, 0.6) is 11.5 Å². The van der Waals surface area contributed by atoms with Gasteiger partial charge in [-0.2, -0.15) is 0 Å². The van der Waals surface area contributed by atoms with E-state index in [0.29, 0.717) is 24.6 Å². The molecule has 0 spiro atoms. The summed E-state index contributed by atoms with van der Waals surface area (Å²) in [6.45, 7) is 2.30. The fourth-order valence-electron chi connectivity index (χ4n) is 2.80. The van der Waals surface area contributed by atoms with E-state index < -0.39 is 18.5 Å². The van der Waals surface area contributed by atoms with Crippen LogP contribution in [0.2, 0.25) is 0 Å². The van der Waals surface area contributed by atoms with Crippen molar-refractivity contribution >= 4 is 22.8 Å². The van der Waals surface area contributed by atoms with E-state index in [1.54, 1.807) is 28.8 Å². The van der Waals surface area contributed by atoms with Gasteiger partial charge in [-0.05, 0) is 37.3 Å². The summed E-state index contributed by atoms with van der Waals surface area (Å²) >= 11 is 0. The number of hydrogen-bond donors (Lipinski definition) is 2. The highest BCUT2D eigenvalue weighted by Gasteiger charge is 2.14. The molecule has 7 nitrogen and oxygen atoms in total. The van der Waals surface area contributed by atoms with E-state index in [2.05, 4.69) is 0 Å². The van der Waals surface area contributed by atoms with Gasteiger partial charge in [0.05, 0.1) is 12.1 Å². The summed E-state index contributed by atoms with van der Waals surface area (Å²) in [5.41, 5.74) is 7.72. The number of carboxylic acid groups (broad SMARTS) is 1. The summed E-state index contributed by atoms with van der Waals surface area (Å²) in [7, 11) is 0. The third-order valence-electron chi connectivity index (χ3n) is 4.10. The third kappa shape index (κ3) is 4.38. The fraction of sp³-hybridized carbons (Fsp3) is 0.200. The Bertz CT molecular complexity index is 976. The number of fused-ring (bicyclic) bond motifs is 1. The number of aliphatic carboxylic acids is 1. The molecule has 0 unspecified atom stereocenters. The van der Waals surface area contributed by atoms with Gasteiger partial charge < -0.3 is 24.9 Å². The molecule has 0 aliphatic rings. The molecule has 1 amide bonds. The molecule has 0 bridgehead atoms. The van der Waals surface area contributed by atoms with Gasteiger partial charge >= 0.3 is 5.97 Å². The van der Waals surface area contributed by atoms with Crippen LogP contribution in [-0.4, -0.2) is 34.8 Å². The van der Waals surface area contributed by atoms with Gasteiger partial charge in [-0.3, -0.25) is 4.79 Å². The minimum Gasteiger partial charge on any atom is -0.492 e. The normalized spacial score (nSPS) is 10.7. The molecule has 0 saturated heterocycles. The predicted molar refractivity (Wildman–Crippen MR) is 100 cm³/mol. The first-order valence-electron chi connectivity index (χ1n) is 8.41. The molecule has 1 aromatic heterocycles. The number of nitrogens with zero attached hydrogens (tertiary/aromatic N) is 1. The van der Waals surface area contributed by atoms with Crippen molar-refractivity contribution in [3.8, 4) is 11.5 Å². The Morgan fingerprint density at radius 2 is 1.74 bits per heavy atom. The molecule has 3 rings (SSSR count). The van der Waals surface area contributed by atoms with Crippen molar-refractivity contribution < 1.29 is 24.2 Å². The number of ether oxygens (including phenoxy) is 2. The molecule has 0 fully saturated rings. The molecule has 27 heavy (non-hydrogen) atoms. The number of primary amides is 1. The highest BCUT2D eigenvalue weighted by molar-refractivity contribution is 5.98. The van der Waals surface area contributed by atoms with Crippen LogP contribution in [-0.2, 0) is 11.3 Å². The second-order valence-corrected chi connectivity index (χ2v) is 6.11. The lowest BCUT2D eigenvalue weighted by molar-refractivity contribution is -0.139. The average Bonchev–Trinajstić information content (AvgIpc) is 3.00. The molecule has 0 aliphatic carbocycles. The average molecular weight is 368 g/mol. The number of aryl methyl sites for hydroxylation is 1. The highest BCUT2D eigenvalue weighted by atomic mass is 16.5. The molecule has 7 heteroatoms. The monoisotopic (exact) mass is 368 g/mol. The Labute approximate surface area is 155 Å². The first-order chi connectivity index (χ1) is 12.9. The summed E-state index contributed by atoms with van der Waals surface area (Å²) in [4.78, 5) is 22.5. The largest absolute Gasteiger partial charge is 0.492 e. The van der Waals surface area contributed by atoms with Crippen LogP contribution in [0.4, 0.5) is 0 Å². The lowest BCUT2D eigenvalue weighted by atomic mass is 10.2. The van der Waals surface area contributed by atoms with Crippen LogP contribution >= 0.6 is 0 Å². The Kier molecular flexibility index (Phi) is 5.30. The second-order valence-electron chi connectivity index (χ2n) is 6.11. The molecule has 0 radical (unpaired) electrons. The van der Waals surface area contributed by atoms with Crippen LogP contribution in [0.25, 0.3) is 10.9 Å². The maximum atomic E-state index is 11.8. The van der Waals surface area contributed by atoms with Gasteiger partial charge in [0.1, 0.15) is 23.8 Å². The van der Waals surface area contributed by atoms with Crippen molar-refractivity contribution in [1.82, 2.24) is 4.57 Å². The van der Waals surface area contributed by atoms with Gasteiger partial charge in [0.15, 0.2) is 6.61 Å². The van der Waals surface area contributed by atoms with Gasteiger partial charge in [-0.15, -0.1) is 0 Å². The molecule has 0 atom stereocenters. The molecular formula is C20H20N2O5. The van der Waals surface area contributed by atoms with Gasteiger partial charge in [0.25, 0.3) is 5.91 Å². The lowest BCUT2D eigenvalue weighted by Crippen LogP contribution is -2.19. The van der Waals surface area contributed by atoms with E-state index in [0.717, 1.165) is 22.2 Å². The smallest absolute Gasteiger partial charge is 0.341 e. The number of carbonyl (C=O) groups is 2. The number of rotatable bonds is 8. The molecule has 0 aliphatic heterocycles. The minimum absolute atomic E-state index is 0.341. The summed E-state index contributed by atoms with van der Waals surface area (Å²) in [6, 6.07) is 14.5. The lowest BCUT2D eigenvalue weighted by Gasteiger charge is -2.11. The van der Waals surface area contributed by atoms with E-state index in [9.17, 15) is 9.59 Å². The van der Waals surface area contributed by atoms with E-state index in [-0.39, 0.29) is 0 Å². The fourth-order valence-corrected chi connectivity index (χ4v) is 2.80. The maximum Gasteiger partial charge on any atom is 0.341 e. The molecule has 3 N–H and O–H groups in total. The molecular weight excluding hydrogens is 348 g/mol. The number of aromatic nitrogens is 1. The summed E-state index contributed by atoms with van der Waals surface area (Å²) in [6.07, 6.45) is 0. The number of carboxylic acids is 1. The highest BCUT2D eigenvalue weighted by Crippen LogP contribution is 2.25. The Morgan fingerprint density at radius 1 is 1.04 bits per heavy atom. The molecule has 3 aromatic rings. The third-order valence-corrected chi connectivity index (χ3v) is 4.10. The first kappa shape index (κ1) is 18.3. The van der Waals surface area contributed by atoms with Gasteiger partial charge in [0.2, 0.25) is 0 Å². The summed E-state index contributed by atoms with van der Waals surface area (Å²) < 4.78 is 12.7. The Morgan fingerprint density at radius 3 is 2.41 bits per heavy atom. The molecule has 1 heterocycles. The van der Waals surface area contributed by atoms with Crippen molar-refractivity contribution in [1.29, 1.82) is 0 Å². The van der Waals surface area contributed by atoms with Gasteiger partial charge in [-0.25, -0.2) is 4.79 Å². The first-order valence-corrected chi connectivity index (χ1v) is 8.41. The van der Waals surface area contributed by atoms with Crippen molar-refractivity contribution in [2.75, 3.05) is 13.2 Å². The number of hydrogen-bond acceptors (Lipinski definition) is 4. The van der Waals surface area contributed by atoms with Crippen LogP contribution in [0.3, 0.4) is 0 Å². The SMILES string of the molecule is Cc1ccc(OCCn2c(C(N)=O)cc3ccc(OCC(=O)O)cc32)cc1. The van der Waals surface area contributed by atoms with E-state index >= 15 is 0 Å². The number of nitrogens with two attached hydrogens (primary N) is 1.